The highest BCUT2D eigenvalue weighted by Gasteiger charge is 2.31. The van der Waals surface area contributed by atoms with Crippen LogP contribution in [-0.4, -0.2) is 28.0 Å². The van der Waals surface area contributed by atoms with Gasteiger partial charge in [-0.05, 0) is 73.0 Å². The first-order valence-electron chi connectivity index (χ1n) is 10.3. The first-order valence-corrected chi connectivity index (χ1v) is 12.6. The van der Waals surface area contributed by atoms with Crippen molar-refractivity contribution in [1.29, 1.82) is 0 Å². The molecule has 0 N–H and O–H groups in total. The molecular formula is C25H26BrNO5S. The monoisotopic (exact) mass is 531 g/mol. The van der Waals surface area contributed by atoms with Gasteiger partial charge in [-0.3, -0.25) is 4.79 Å². The summed E-state index contributed by atoms with van der Waals surface area (Å²) in [6.07, 6.45) is 0. The van der Waals surface area contributed by atoms with Gasteiger partial charge < -0.3 is 9.47 Å². The number of halogens is 1. The summed E-state index contributed by atoms with van der Waals surface area (Å²) in [5.74, 6) is 0.524. The van der Waals surface area contributed by atoms with Gasteiger partial charge in [-0.15, -0.1) is 0 Å². The molecule has 3 aromatic carbocycles. The van der Waals surface area contributed by atoms with E-state index in [1.807, 2.05) is 32.9 Å². The average Bonchev–Trinajstić information content (AvgIpc) is 2.79. The molecule has 0 aliphatic heterocycles. The molecule has 0 heterocycles. The van der Waals surface area contributed by atoms with Crippen LogP contribution < -0.4 is 13.8 Å². The summed E-state index contributed by atoms with van der Waals surface area (Å²) in [6, 6.07) is 18.1. The van der Waals surface area contributed by atoms with Crippen LogP contribution in [0, 0.1) is 6.92 Å². The first-order chi connectivity index (χ1) is 15.6. The maximum Gasteiger partial charge on any atom is 0.278 e. The number of ether oxygens (including phenoxy) is 2. The quantitative estimate of drug-likeness (QED) is 0.373. The van der Waals surface area contributed by atoms with Gasteiger partial charge in [0.25, 0.3) is 15.9 Å². The van der Waals surface area contributed by atoms with E-state index in [4.69, 9.17) is 9.47 Å². The Labute approximate surface area is 203 Å². The first kappa shape index (κ1) is 24.8. The average molecular weight is 532 g/mol. The minimum atomic E-state index is -4.17. The molecule has 1 amide bonds. The topological polar surface area (TPSA) is 72.9 Å². The zero-order valence-corrected chi connectivity index (χ0v) is 21.3. The molecule has 3 aromatic rings. The number of hydrogen-bond acceptors (Lipinski definition) is 5. The van der Waals surface area contributed by atoms with E-state index in [-0.39, 0.29) is 16.5 Å². The van der Waals surface area contributed by atoms with E-state index in [9.17, 15) is 13.2 Å². The van der Waals surface area contributed by atoms with Crippen LogP contribution in [0.15, 0.2) is 76.1 Å². The highest BCUT2D eigenvalue weighted by molar-refractivity contribution is 9.10. The number of aryl methyl sites for hydroxylation is 1. The molecule has 0 bridgehead atoms. The standard InChI is InChI=1S/C25H26BrNO5S/c1-17(2)23-15-19(26)7-14-24(23)32-16-25(28)27(20-8-10-21(31-4)11-9-20)33(29,30)22-12-5-18(3)6-13-22/h5-15,17H,16H2,1-4H3. The summed E-state index contributed by atoms with van der Waals surface area (Å²) < 4.78 is 39.6. The van der Waals surface area contributed by atoms with Crippen molar-refractivity contribution in [2.45, 2.75) is 31.6 Å². The second-order valence-corrected chi connectivity index (χ2v) is 10.5. The number of nitrogens with zero attached hydrogens (tertiary/aromatic N) is 1. The van der Waals surface area contributed by atoms with Crippen LogP contribution in [0.25, 0.3) is 0 Å². The van der Waals surface area contributed by atoms with Crippen LogP contribution in [0.3, 0.4) is 0 Å². The number of carbonyl (C=O) groups excluding carboxylic acids is 1. The molecule has 0 atom stereocenters. The number of methoxy groups -OCH3 is 1. The lowest BCUT2D eigenvalue weighted by atomic mass is 10.0. The van der Waals surface area contributed by atoms with E-state index in [1.165, 1.54) is 31.4 Å². The van der Waals surface area contributed by atoms with Gasteiger partial charge in [0.2, 0.25) is 0 Å². The van der Waals surface area contributed by atoms with E-state index in [0.717, 1.165) is 19.9 Å². The smallest absolute Gasteiger partial charge is 0.278 e. The summed E-state index contributed by atoms with van der Waals surface area (Å²) in [5.41, 5.74) is 2.02. The Bertz CT molecular complexity index is 1220. The van der Waals surface area contributed by atoms with Gasteiger partial charge in [-0.2, -0.15) is 4.31 Å². The molecule has 0 spiro atoms. The van der Waals surface area contributed by atoms with Crippen LogP contribution in [0.1, 0.15) is 30.9 Å². The lowest BCUT2D eigenvalue weighted by Gasteiger charge is -2.23. The third-order valence-electron chi connectivity index (χ3n) is 5.04. The molecule has 0 aromatic heterocycles. The lowest BCUT2D eigenvalue weighted by molar-refractivity contribution is -0.119. The molecule has 3 rings (SSSR count). The van der Waals surface area contributed by atoms with Crippen molar-refractivity contribution in [2.24, 2.45) is 0 Å². The summed E-state index contributed by atoms with van der Waals surface area (Å²) in [4.78, 5) is 13.3. The van der Waals surface area contributed by atoms with E-state index in [0.29, 0.717) is 11.5 Å². The van der Waals surface area contributed by atoms with Crippen LogP contribution in [0.2, 0.25) is 0 Å². The van der Waals surface area contributed by atoms with E-state index >= 15 is 0 Å². The minimum Gasteiger partial charge on any atom is -0.497 e. The number of sulfonamides is 1. The molecule has 0 unspecified atom stereocenters. The van der Waals surface area contributed by atoms with Gasteiger partial charge in [0.1, 0.15) is 11.5 Å². The zero-order chi connectivity index (χ0) is 24.2. The van der Waals surface area contributed by atoms with E-state index < -0.39 is 22.5 Å². The van der Waals surface area contributed by atoms with Gasteiger partial charge in [0.05, 0.1) is 17.7 Å². The second-order valence-electron chi connectivity index (χ2n) is 7.80. The Kier molecular flexibility index (Phi) is 7.81. The third kappa shape index (κ3) is 5.75. The number of anilines is 1. The van der Waals surface area contributed by atoms with E-state index in [1.54, 1.807) is 30.3 Å². The van der Waals surface area contributed by atoms with Crippen LogP contribution in [-0.2, 0) is 14.8 Å². The Morgan fingerprint density at radius 1 is 1.00 bits per heavy atom. The molecule has 8 heteroatoms. The van der Waals surface area contributed by atoms with E-state index in [2.05, 4.69) is 15.9 Å². The van der Waals surface area contributed by atoms with Crippen molar-refractivity contribution < 1.29 is 22.7 Å². The Morgan fingerprint density at radius 3 is 2.21 bits per heavy atom. The number of amides is 1. The molecule has 0 fully saturated rings. The van der Waals surface area contributed by atoms with Gasteiger partial charge in [-0.25, -0.2) is 8.42 Å². The fourth-order valence-electron chi connectivity index (χ4n) is 3.25. The normalized spacial score (nSPS) is 11.3. The minimum absolute atomic E-state index is 0.0174. The van der Waals surface area contributed by atoms with Crippen molar-refractivity contribution in [3.63, 3.8) is 0 Å². The number of benzene rings is 3. The number of rotatable bonds is 8. The van der Waals surface area contributed by atoms with Crippen molar-refractivity contribution in [1.82, 2.24) is 0 Å². The van der Waals surface area contributed by atoms with Crippen LogP contribution in [0.4, 0.5) is 5.69 Å². The van der Waals surface area contributed by atoms with Crippen molar-refractivity contribution >= 4 is 37.5 Å². The van der Waals surface area contributed by atoms with Crippen LogP contribution in [0.5, 0.6) is 11.5 Å². The zero-order valence-electron chi connectivity index (χ0n) is 18.9. The second kappa shape index (κ2) is 10.4. The Hall–Kier alpha value is -2.84. The summed E-state index contributed by atoms with van der Waals surface area (Å²) in [7, 11) is -2.66. The summed E-state index contributed by atoms with van der Waals surface area (Å²) >= 11 is 3.45. The van der Waals surface area contributed by atoms with Gasteiger partial charge in [0.15, 0.2) is 6.61 Å². The highest BCUT2D eigenvalue weighted by Crippen LogP contribution is 2.31. The molecule has 0 saturated carbocycles. The summed E-state index contributed by atoms with van der Waals surface area (Å²) in [6.45, 7) is 5.45. The van der Waals surface area contributed by atoms with Gasteiger partial charge >= 0.3 is 0 Å². The van der Waals surface area contributed by atoms with Gasteiger partial charge in [-0.1, -0.05) is 47.5 Å². The van der Waals surface area contributed by atoms with Crippen molar-refractivity contribution in [2.75, 3.05) is 18.0 Å². The molecule has 0 saturated heterocycles. The molecule has 0 radical (unpaired) electrons. The highest BCUT2D eigenvalue weighted by atomic mass is 79.9. The molecular weight excluding hydrogens is 506 g/mol. The summed E-state index contributed by atoms with van der Waals surface area (Å²) in [5, 5.41) is 0. The van der Waals surface area contributed by atoms with Crippen molar-refractivity contribution in [3.8, 4) is 11.5 Å². The Morgan fingerprint density at radius 2 is 1.64 bits per heavy atom. The van der Waals surface area contributed by atoms with Gasteiger partial charge in [0, 0.05) is 4.47 Å². The lowest BCUT2D eigenvalue weighted by Crippen LogP contribution is -2.40. The maximum atomic E-state index is 13.5. The predicted octanol–water partition coefficient (Wildman–Crippen LogP) is 5.69. The van der Waals surface area contributed by atoms with Crippen molar-refractivity contribution in [3.05, 3.63) is 82.3 Å². The fraction of sp³-hybridized carbons (Fsp3) is 0.240. The molecule has 0 aliphatic carbocycles. The largest absolute Gasteiger partial charge is 0.497 e. The fourth-order valence-corrected chi connectivity index (χ4v) is 5.04. The predicted molar refractivity (Wildman–Crippen MR) is 133 cm³/mol. The Balaban J connectivity index is 1.97. The molecule has 174 valence electrons. The molecule has 6 nitrogen and oxygen atoms in total. The molecule has 33 heavy (non-hydrogen) atoms. The number of carbonyl (C=O) groups is 1. The number of hydrogen-bond donors (Lipinski definition) is 0. The molecule has 0 aliphatic rings. The maximum absolute atomic E-state index is 13.5. The van der Waals surface area contributed by atoms with Crippen LogP contribution >= 0.6 is 15.9 Å². The SMILES string of the molecule is COc1ccc(N(C(=O)COc2ccc(Br)cc2C(C)C)S(=O)(=O)c2ccc(C)cc2)cc1. The third-order valence-corrected chi connectivity index (χ3v) is 7.29.